The van der Waals surface area contributed by atoms with Crippen molar-refractivity contribution >= 4 is 0 Å². The zero-order chi connectivity index (χ0) is 12.5. The molecule has 0 aromatic heterocycles. The van der Waals surface area contributed by atoms with E-state index in [9.17, 15) is 0 Å². The Hall–Kier alpha value is -0.120. The molecule has 0 aromatic rings. The fraction of sp³-hybridized carbons (Fsp3) is 1.00. The van der Waals surface area contributed by atoms with Gasteiger partial charge < -0.3 is 10.2 Å². The summed E-state index contributed by atoms with van der Waals surface area (Å²) in [6.45, 7) is 13.3. The van der Waals surface area contributed by atoms with Gasteiger partial charge in [0.2, 0.25) is 0 Å². The van der Waals surface area contributed by atoms with Crippen LogP contribution in [-0.2, 0) is 0 Å². The van der Waals surface area contributed by atoms with E-state index >= 15 is 0 Å². The van der Waals surface area contributed by atoms with E-state index in [2.05, 4.69) is 42.9 Å². The topological polar surface area (TPSA) is 18.5 Å². The lowest BCUT2D eigenvalue weighted by Gasteiger charge is -2.45. The second-order valence-corrected chi connectivity index (χ2v) is 6.71. The van der Waals surface area contributed by atoms with Crippen molar-refractivity contribution in [3.8, 4) is 0 Å². The van der Waals surface area contributed by atoms with Crippen molar-refractivity contribution in [3.63, 3.8) is 0 Å². The predicted octanol–water partition coefficient (Wildman–Crippen LogP) is 1.40. The molecule has 3 heteroatoms. The van der Waals surface area contributed by atoms with Gasteiger partial charge in [0.1, 0.15) is 0 Å². The van der Waals surface area contributed by atoms with Crippen molar-refractivity contribution in [3.05, 3.63) is 0 Å². The van der Waals surface area contributed by atoms with E-state index in [1.165, 1.54) is 45.6 Å². The molecule has 0 radical (unpaired) electrons. The number of piperazine rings is 1. The first-order chi connectivity index (χ1) is 7.99. The molecule has 2 fully saturated rings. The molecular formula is C14H29N3. The van der Waals surface area contributed by atoms with Gasteiger partial charge >= 0.3 is 0 Å². The molecule has 2 atom stereocenters. The van der Waals surface area contributed by atoms with E-state index in [4.69, 9.17) is 0 Å². The molecule has 0 bridgehead atoms. The molecule has 0 aromatic carbocycles. The van der Waals surface area contributed by atoms with Crippen LogP contribution in [0.3, 0.4) is 0 Å². The Morgan fingerprint density at radius 2 is 2.06 bits per heavy atom. The third-order valence-corrected chi connectivity index (χ3v) is 4.72. The lowest BCUT2D eigenvalue weighted by atomic mass is 9.77. The summed E-state index contributed by atoms with van der Waals surface area (Å²) in [6.07, 6.45) is 2.70. The SMILES string of the molecule is CC1CN(C)CCN1CC1NCCCC1(C)C. The Morgan fingerprint density at radius 1 is 1.29 bits per heavy atom. The van der Waals surface area contributed by atoms with Crippen LogP contribution in [0.1, 0.15) is 33.6 Å². The van der Waals surface area contributed by atoms with E-state index in [-0.39, 0.29) is 0 Å². The quantitative estimate of drug-likeness (QED) is 0.786. The minimum Gasteiger partial charge on any atom is -0.312 e. The van der Waals surface area contributed by atoms with Crippen molar-refractivity contribution in [2.75, 3.05) is 39.8 Å². The first-order valence-corrected chi connectivity index (χ1v) is 7.15. The van der Waals surface area contributed by atoms with Gasteiger partial charge in [0.15, 0.2) is 0 Å². The van der Waals surface area contributed by atoms with Gasteiger partial charge in [-0.1, -0.05) is 13.8 Å². The molecule has 2 aliphatic heterocycles. The largest absolute Gasteiger partial charge is 0.312 e. The molecule has 1 N–H and O–H groups in total. The lowest BCUT2D eigenvalue weighted by molar-refractivity contribution is 0.0588. The molecule has 2 unspecified atom stereocenters. The van der Waals surface area contributed by atoms with Crippen molar-refractivity contribution in [1.82, 2.24) is 15.1 Å². The van der Waals surface area contributed by atoms with Crippen LogP contribution in [0.5, 0.6) is 0 Å². The molecule has 2 heterocycles. The Bertz CT molecular complexity index is 252. The van der Waals surface area contributed by atoms with Gasteiger partial charge in [-0.15, -0.1) is 0 Å². The monoisotopic (exact) mass is 239 g/mol. The number of hydrogen-bond acceptors (Lipinski definition) is 3. The first kappa shape index (κ1) is 13.3. The molecular weight excluding hydrogens is 210 g/mol. The Kier molecular flexibility index (Phi) is 4.11. The second kappa shape index (κ2) is 5.25. The van der Waals surface area contributed by atoms with E-state index in [1.807, 2.05) is 0 Å². The number of nitrogens with zero attached hydrogens (tertiary/aromatic N) is 2. The van der Waals surface area contributed by atoms with Gasteiger partial charge in [0.05, 0.1) is 0 Å². The number of piperidine rings is 1. The Labute approximate surface area is 107 Å². The van der Waals surface area contributed by atoms with E-state index in [0.717, 1.165) is 0 Å². The highest BCUT2D eigenvalue weighted by Gasteiger charge is 2.34. The molecule has 0 spiro atoms. The number of nitrogens with one attached hydrogen (secondary N) is 1. The van der Waals surface area contributed by atoms with Crippen molar-refractivity contribution in [2.45, 2.75) is 45.7 Å². The van der Waals surface area contributed by atoms with E-state index in [1.54, 1.807) is 0 Å². The zero-order valence-electron chi connectivity index (χ0n) is 12.0. The van der Waals surface area contributed by atoms with Gasteiger partial charge in [-0.3, -0.25) is 4.90 Å². The second-order valence-electron chi connectivity index (χ2n) is 6.71. The van der Waals surface area contributed by atoms with Crippen LogP contribution < -0.4 is 5.32 Å². The van der Waals surface area contributed by atoms with E-state index in [0.29, 0.717) is 17.5 Å². The van der Waals surface area contributed by atoms with Crippen LogP contribution in [0.15, 0.2) is 0 Å². The third-order valence-electron chi connectivity index (χ3n) is 4.72. The van der Waals surface area contributed by atoms with Crippen LogP contribution in [0.2, 0.25) is 0 Å². The lowest BCUT2D eigenvalue weighted by Crippen LogP contribution is -2.58. The summed E-state index contributed by atoms with van der Waals surface area (Å²) in [6, 6.07) is 1.37. The summed E-state index contributed by atoms with van der Waals surface area (Å²) in [5.41, 5.74) is 0.460. The minimum atomic E-state index is 0.460. The van der Waals surface area contributed by atoms with E-state index < -0.39 is 0 Å². The molecule has 2 saturated heterocycles. The highest BCUT2D eigenvalue weighted by molar-refractivity contribution is 4.92. The molecule has 17 heavy (non-hydrogen) atoms. The van der Waals surface area contributed by atoms with Crippen LogP contribution in [-0.4, -0.2) is 61.7 Å². The smallest absolute Gasteiger partial charge is 0.0246 e. The fourth-order valence-corrected chi connectivity index (χ4v) is 3.27. The average molecular weight is 239 g/mol. The number of rotatable bonds is 2. The number of hydrogen-bond donors (Lipinski definition) is 1. The van der Waals surface area contributed by atoms with Crippen LogP contribution in [0, 0.1) is 5.41 Å². The molecule has 0 saturated carbocycles. The minimum absolute atomic E-state index is 0.460. The summed E-state index contributed by atoms with van der Waals surface area (Å²) in [7, 11) is 2.23. The maximum absolute atomic E-state index is 3.73. The van der Waals surface area contributed by atoms with Gasteiger partial charge in [0.25, 0.3) is 0 Å². The number of likely N-dealkylation sites (N-methyl/N-ethyl adjacent to an activating group) is 1. The summed E-state index contributed by atoms with van der Waals surface area (Å²) in [4.78, 5) is 5.12. The van der Waals surface area contributed by atoms with Crippen molar-refractivity contribution in [2.24, 2.45) is 5.41 Å². The summed E-state index contributed by atoms with van der Waals surface area (Å²) in [5, 5.41) is 3.73. The molecule has 2 aliphatic rings. The fourth-order valence-electron chi connectivity index (χ4n) is 3.27. The van der Waals surface area contributed by atoms with Crippen molar-refractivity contribution in [1.29, 1.82) is 0 Å². The average Bonchev–Trinajstić information content (AvgIpc) is 2.24. The van der Waals surface area contributed by atoms with Gasteiger partial charge in [-0.2, -0.15) is 0 Å². The van der Waals surface area contributed by atoms with Gasteiger partial charge in [-0.25, -0.2) is 0 Å². The molecule has 100 valence electrons. The molecule has 0 aliphatic carbocycles. The Balaban J connectivity index is 1.91. The standard InChI is InChI=1S/C14H29N3/c1-12-10-16(4)8-9-17(12)11-13-14(2,3)6-5-7-15-13/h12-13,15H,5-11H2,1-4H3. The molecule has 3 nitrogen and oxygen atoms in total. The van der Waals surface area contributed by atoms with Crippen LogP contribution in [0.4, 0.5) is 0 Å². The Morgan fingerprint density at radius 3 is 2.71 bits per heavy atom. The zero-order valence-corrected chi connectivity index (χ0v) is 12.0. The maximum atomic E-state index is 3.73. The maximum Gasteiger partial charge on any atom is 0.0246 e. The van der Waals surface area contributed by atoms with Gasteiger partial charge in [0, 0.05) is 38.3 Å². The summed E-state index contributed by atoms with van der Waals surface area (Å²) in [5.74, 6) is 0. The van der Waals surface area contributed by atoms with Crippen molar-refractivity contribution < 1.29 is 0 Å². The molecule has 2 rings (SSSR count). The van der Waals surface area contributed by atoms with Crippen LogP contribution >= 0.6 is 0 Å². The van der Waals surface area contributed by atoms with Gasteiger partial charge in [-0.05, 0) is 38.8 Å². The van der Waals surface area contributed by atoms with Crippen LogP contribution in [0.25, 0.3) is 0 Å². The summed E-state index contributed by atoms with van der Waals surface area (Å²) < 4.78 is 0. The predicted molar refractivity (Wildman–Crippen MR) is 73.3 cm³/mol. The molecule has 0 amide bonds. The summed E-state index contributed by atoms with van der Waals surface area (Å²) >= 11 is 0. The first-order valence-electron chi connectivity index (χ1n) is 7.15. The highest BCUT2D eigenvalue weighted by atomic mass is 15.3. The third kappa shape index (κ3) is 3.21. The highest BCUT2D eigenvalue weighted by Crippen LogP contribution is 2.31. The normalized spacial score (nSPS) is 36.0.